The van der Waals surface area contributed by atoms with Crippen molar-refractivity contribution in [2.24, 2.45) is 0 Å². The van der Waals surface area contributed by atoms with E-state index in [-0.39, 0.29) is 5.91 Å². The largest absolute Gasteiger partial charge is 0.497 e. The van der Waals surface area contributed by atoms with Gasteiger partial charge in [-0.25, -0.2) is 9.69 Å². The summed E-state index contributed by atoms with van der Waals surface area (Å²) < 4.78 is 6.00. The third-order valence-electron chi connectivity index (χ3n) is 5.73. The number of nitriles is 1. The minimum atomic E-state index is -1.06. The van der Waals surface area contributed by atoms with E-state index in [2.05, 4.69) is 16.4 Å². The summed E-state index contributed by atoms with van der Waals surface area (Å²) in [5.74, 6) is 0.235. The maximum absolute atomic E-state index is 13.6. The summed E-state index contributed by atoms with van der Waals surface area (Å²) in [6.07, 6.45) is 4.96. The van der Waals surface area contributed by atoms with Gasteiger partial charge in [0.25, 0.3) is 5.91 Å². The van der Waals surface area contributed by atoms with Gasteiger partial charge < -0.3 is 15.2 Å². The highest BCUT2D eigenvalue weighted by Gasteiger charge is 2.46. The second-order valence-electron chi connectivity index (χ2n) is 8.49. The highest BCUT2D eigenvalue weighted by molar-refractivity contribution is 8.09. The molecule has 1 fully saturated rings. The molecule has 4 heterocycles. The number of ether oxygens (including phenoxy) is 1. The second kappa shape index (κ2) is 8.13. The molecule has 8 nitrogen and oxygen atoms in total. The molecule has 0 radical (unpaired) electrons. The third kappa shape index (κ3) is 3.62. The molecule has 1 saturated heterocycles. The number of hydrogen-bond donors (Lipinski definition) is 2. The predicted molar refractivity (Wildman–Crippen MR) is 132 cm³/mol. The van der Waals surface area contributed by atoms with Crippen LogP contribution in [0.3, 0.4) is 0 Å². The molecule has 1 aromatic carbocycles. The van der Waals surface area contributed by atoms with E-state index < -0.39 is 22.9 Å². The Morgan fingerprint density at radius 2 is 2.06 bits per heavy atom. The first-order valence-electron chi connectivity index (χ1n) is 10.4. The maximum Gasteiger partial charge on any atom is 0.329 e. The number of anilines is 1. The van der Waals surface area contributed by atoms with Gasteiger partial charge in [-0.2, -0.15) is 5.26 Å². The number of nitrogens with one attached hydrogen (secondary N) is 1. The minimum Gasteiger partial charge on any atom is -0.497 e. The van der Waals surface area contributed by atoms with E-state index in [0.717, 1.165) is 15.2 Å². The molecular formula is C24H20N4O4S2. The van der Waals surface area contributed by atoms with Crippen LogP contribution in [0.4, 0.5) is 10.5 Å². The number of amides is 3. The Bertz CT molecular complexity index is 1420. The van der Waals surface area contributed by atoms with Gasteiger partial charge in [0.05, 0.1) is 47.0 Å². The Hall–Kier alpha value is -3.39. The summed E-state index contributed by atoms with van der Waals surface area (Å²) >= 11 is 2.64. The van der Waals surface area contributed by atoms with E-state index in [1.807, 2.05) is 12.1 Å². The van der Waals surface area contributed by atoms with E-state index in [0.29, 0.717) is 32.1 Å². The van der Waals surface area contributed by atoms with Crippen LogP contribution in [-0.4, -0.2) is 40.4 Å². The molecule has 0 saturated carbocycles. The molecule has 3 aromatic rings. The fourth-order valence-corrected chi connectivity index (χ4v) is 6.43. The molecule has 0 bridgehead atoms. The van der Waals surface area contributed by atoms with Crippen molar-refractivity contribution in [1.29, 1.82) is 5.26 Å². The molecule has 10 heteroatoms. The van der Waals surface area contributed by atoms with Crippen molar-refractivity contribution >= 4 is 55.7 Å². The molecule has 5 rings (SSSR count). The zero-order chi connectivity index (χ0) is 24.2. The summed E-state index contributed by atoms with van der Waals surface area (Å²) in [5, 5.41) is 23.0. The summed E-state index contributed by atoms with van der Waals surface area (Å²) in [7, 11) is 1.55. The number of carbonyl (C=O) groups excluding carboxylic acids is 2. The fourth-order valence-electron chi connectivity index (χ4n) is 4.00. The van der Waals surface area contributed by atoms with Crippen molar-refractivity contribution in [1.82, 2.24) is 10.3 Å². The van der Waals surface area contributed by atoms with Gasteiger partial charge >= 0.3 is 6.03 Å². The number of nitrogens with zero attached hydrogens (tertiary/aromatic N) is 3. The normalized spacial score (nSPS) is 20.1. The third-order valence-corrected chi connectivity index (χ3v) is 8.57. The van der Waals surface area contributed by atoms with Crippen LogP contribution in [0.25, 0.3) is 15.0 Å². The average molecular weight is 493 g/mol. The number of thioether (sulfide) groups is 1. The predicted octanol–water partition coefficient (Wildman–Crippen LogP) is 3.99. The van der Waals surface area contributed by atoms with Gasteiger partial charge in [0.2, 0.25) is 0 Å². The topological polar surface area (TPSA) is 116 Å². The first kappa shape index (κ1) is 22.4. The van der Waals surface area contributed by atoms with Crippen LogP contribution in [0.15, 0.2) is 42.7 Å². The summed E-state index contributed by atoms with van der Waals surface area (Å²) in [6, 6.07) is 8.09. The van der Waals surface area contributed by atoms with Gasteiger partial charge in [0, 0.05) is 26.9 Å². The Morgan fingerprint density at radius 1 is 1.26 bits per heavy atom. The highest BCUT2D eigenvalue weighted by atomic mass is 32.2. The number of pyridine rings is 1. The number of aliphatic hydroxyl groups is 1. The van der Waals surface area contributed by atoms with Crippen molar-refractivity contribution in [2.75, 3.05) is 12.0 Å². The summed E-state index contributed by atoms with van der Waals surface area (Å²) in [6.45, 7) is 3.37. The number of benzene rings is 1. The van der Waals surface area contributed by atoms with E-state index in [1.165, 1.54) is 29.3 Å². The summed E-state index contributed by atoms with van der Waals surface area (Å²) in [4.78, 5) is 33.4. The minimum absolute atomic E-state index is 0.362. The molecule has 2 unspecified atom stereocenters. The van der Waals surface area contributed by atoms with Crippen LogP contribution < -0.4 is 15.0 Å². The zero-order valence-corrected chi connectivity index (χ0v) is 20.2. The molecule has 2 aromatic heterocycles. The fraction of sp³-hybridized carbons (Fsp3) is 0.250. The van der Waals surface area contributed by atoms with Crippen molar-refractivity contribution in [3.8, 4) is 11.8 Å². The number of rotatable bonds is 4. The van der Waals surface area contributed by atoms with E-state index in [1.54, 1.807) is 45.4 Å². The van der Waals surface area contributed by atoms with Gasteiger partial charge in [-0.3, -0.25) is 9.78 Å². The Balaban J connectivity index is 1.51. The number of aromatic nitrogens is 1. The number of thiophene rings is 1. The van der Waals surface area contributed by atoms with Crippen LogP contribution >= 0.6 is 23.1 Å². The van der Waals surface area contributed by atoms with Crippen LogP contribution in [-0.2, 0) is 10.4 Å². The van der Waals surface area contributed by atoms with Gasteiger partial charge in [-0.05, 0) is 44.2 Å². The summed E-state index contributed by atoms with van der Waals surface area (Å²) in [5.41, 5.74) is 0.439. The first-order valence-corrected chi connectivity index (χ1v) is 12.1. The zero-order valence-electron chi connectivity index (χ0n) is 18.5. The number of hydrogen-bond acceptors (Lipinski definition) is 8. The number of urea groups is 1. The second-order valence-corrected chi connectivity index (χ2v) is 10.7. The molecule has 34 heavy (non-hydrogen) atoms. The molecular weight excluding hydrogens is 472 g/mol. The van der Waals surface area contributed by atoms with Crippen LogP contribution in [0.2, 0.25) is 0 Å². The SMILES string of the molecule is COc1ccc(C#N)c(C2=CC3NC(=O)N(c4cncc5cc(C(C)(C)O)sc45)C(=O)C3S2)c1. The molecule has 3 amide bonds. The maximum atomic E-state index is 13.6. The molecule has 2 aliphatic heterocycles. The number of imide groups is 1. The van der Waals surface area contributed by atoms with Crippen LogP contribution in [0.5, 0.6) is 5.75 Å². The highest BCUT2D eigenvalue weighted by Crippen LogP contribution is 2.45. The lowest BCUT2D eigenvalue weighted by molar-refractivity contribution is -0.118. The molecule has 2 atom stereocenters. The quantitative estimate of drug-likeness (QED) is 0.566. The average Bonchev–Trinajstić information content (AvgIpc) is 3.43. The van der Waals surface area contributed by atoms with E-state index in [4.69, 9.17) is 4.74 Å². The van der Waals surface area contributed by atoms with Crippen molar-refractivity contribution in [3.63, 3.8) is 0 Å². The Labute approximate surface area is 203 Å². The van der Waals surface area contributed by atoms with Crippen molar-refractivity contribution in [3.05, 3.63) is 58.7 Å². The molecule has 172 valence electrons. The number of carbonyl (C=O) groups is 2. The van der Waals surface area contributed by atoms with E-state index >= 15 is 0 Å². The van der Waals surface area contributed by atoms with Gasteiger partial charge in [-0.1, -0.05) is 0 Å². The van der Waals surface area contributed by atoms with Gasteiger partial charge in [0.15, 0.2) is 0 Å². The standard InChI is InChI=1S/C24H20N4O4S2/c1-24(2,31)19-6-13-10-26-11-17(20(13)34-19)28-22(29)21-16(27-23(28)30)8-18(33-21)15-7-14(32-3)5-4-12(15)9-25/h4-8,10-11,16,21,31H,1-3H3,(H,27,30). The molecule has 2 aliphatic rings. The van der Waals surface area contributed by atoms with Crippen LogP contribution in [0.1, 0.15) is 29.9 Å². The number of fused-ring (bicyclic) bond motifs is 2. The monoisotopic (exact) mass is 492 g/mol. The smallest absolute Gasteiger partial charge is 0.329 e. The molecule has 0 spiro atoms. The lowest BCUT2D eigenvalue weighted by Gasteiger charge is -2.33. The molecule has 0 aliphatic carbocycles. The van der Waals surface area contributed by atoms with E-state index in [9.17, 15) is 20.0 Å². The van der Waals surface area contributed by atoms with Gasteiger partial charge in [0.1, 0.15) is 11.0 Å². The lowest BCUT2D eigenvalue weighted by Crippen LogP contribution is -2.60. The lowest BCUT2D eigenvalue weighted by atomic mass is 10.0. The molecule has 2 N–H and O–H groups in total. The number of methoxy groups -OCH3 is 1. The first-order chi connectivity index (χ1) is 16.2. The van der Waals surface area contributed by atoms with Crippen molar-refractivity contribution < 1.29 is 19.4 Å². The van der Waals surface area contributed by atoms with Crippen LogP contribution in [0, 0.1) is 11.3 Å². The van der Waals surface area contributed by atoms with Crippen molar-refractivity contribution in [2.45, 2.75) is 30.7 Å². The Kier molecular flexibility index (Phi) is 5.36. The Morgan fingerprint density at radius 3 is 2.76 bits per heavy atom. The van der Waals surface area contributed by atoms with Gasteiger partial charge in [-0.15, -0.1) is 23.1 Å².